The first-order valence-corrected chi connectivity index (χ1v) is 3.92. The Morgan fingerprint density at radius 1 is 1.22 bits per heavy atom. The zero-order chi connectivity index (χ0) is 6.43. The van der Waals surface area contributed by atoms with Crippen molar-refractivity contribution < 1.29 is 0 Å². The van der Waals surface area contributed by atoms with Crippen molar-refractivity contribution in [3.63, 3.8) is 0 Å². The molecule has 0 aliphatic heterocycles. The van der Waals surface area contributed by atoms with E-state index in [2.05, 4.69) is 13.8 Å². The van der Waals surface area contributed by atoms with Gasteiger partial charge in [0.05, 0.1) is 0 Å². The number of fused-ring (bicyclic) bond motifs is 1. The van der Waals surface area contributed by atoms with E-state index in [-0.39, 0.29) is 0 Å². The van der Waals surface area contributed by atoms with Gasteiger partial charge in [-0.1, -0.05) is 11.1 Å². The Morgan fingerprint density at radius 2 is 1.78 bits per heavy atom. The summed E-state index contributed by atoms with van der Waals surface area (Å²) in [4.78, 5) is 0. The molecule has 0 aromatic carbocycles. The van der Waals surface area contributed by atoms with Crippen molar-refractivity contribution in [2.75, 3.05) is 0 Å². The minimum atomic E-state index is 1.12. The van der Waals surface area contributed by atoms with Crippen molar-refractivity contribution in [3.05, 3.63) is 11.1 Å². The van der Waals surface area contributed by atoms with Gasteiger partial charge in [-0.25, -0.2) is 0 Å². The molecule has 50 valence electrons. The van der Waals surface area contributed by atoms with Crippen molar-refractivity contribution in [1.29, 1.82) is 0 Å². The van der Waals surface area contributed by atoms with Crippen LogP contribution in [0.15, 0.2) is 11.1 Å². The summed E-state index contributed by atoms with van der Waals surface area (Å²) in [6.45, 7) is 4.50. The molecule has 2 fully saturated rings. The van der Waals surface area contributed by atoms with Gasteiger partial charge in [-0.3, -0.25) is 0 Å². The molecule has 0 heterocycles. The van der Waals surface area contributed by atoms with Crippen LogP contribution in [0.3, 0.4) is 0 Å². The summed E-state index contributed by atoms with van der Waals surface area (Å²) >= 11 is 0. The van der Waals surface area contributed by atoms with E-state index >= 15 is 0 Å². The van der Waals surface area contributed by atoms with E-state index in [1.807, 2.05) is 0 Å². The smallest absolute Gasteiger partial charge is 0.0286 e. The van der Waals surface area contributed by atoms with Crippen LogP contribution < -0.4 is 0 Å². The van der Waals surface area contributed by atoms with Gasteiger partial charge in [0, 0.05) is 0 Å². The quantitative estimate of drug-likeness (QED) is 0.433. The molecule has 0 nitrogen and oxygen atoms in total. The number of hydrogen-bond donors (Lipinski definition) is 0. The first kappa shape index (κ1) is 5.52. The molecule has 0 saturated heterocycles. The van der Waals surface area contributed by atoms with Gasteiger partial charge in [-0.05, 0) is 44.9 Å². The average Bonchev–Trinajstić information content (AvgIpc) is 2.40. The Bertz CT molecular complexity index is 149. The summed E-state index contributed by atoms with van der Waals surface area (Å²) in [5.41, 5.74) is 3.35. The lowest BCUT2D eigenvalue weighted by Crippen LogP contribution is -1.81. The van der Waals surface area contributed by atoms with E-state index in [0.29, 0.717) is 0 Å². The Hall–Kier alpha value is -0.260. The molecule has 2 rings (SSSR count). The van der Waals surface area contributed by atoms with Crippen LogP contribution in [-0.4, -0.2) is 0 Å². The van der Waals surface area contributed by atoms with Gasteiger partial charge in [0.2, 0.25) is 0 Å². The molecule has 0 heteroatoms. The molecule has 0 amide bonds. The second-order valence-corrected chi connectivity index (χ2v) is 3.77. The van der Waals surface area contributed by atoms with Gasteiger partial charge in [0.15, 0.2) is 0 Å². The van der Waals surface area contributed by atoms with Gasteiger partial charge in [-0.15, -0.1) is 0 Å². The maximum atomic E-state index is 2.25. The molecule has 2 unspecified atom stereocenters. The van der Waals surface area contributed by atoms with Gasteiger partial charge in [0.25, 0.3) is 0 Å². The van der Waals surface area contributed by atoms with E-state index in [4.69, 9.17) is 0 Å². The standard InChI is InChI=1S/C9H14/c1-6(2)7-3-8-5-9(8)4-7/h8-9H,3-5H2,1-2H3. The molecule has 2 atom stereocenters. The first-order valence-electron chi connectivity index (χ1n) is 3.92. The second kappa shape index (κ2) is 1.62. The normalized spacial score (nSPS) is 38.7. The van der Waals surface area contributed by atoms with Crippen molar-refractivity contribution >= 4 is 0 Å². The molecule has 2 aliphatic carbocycles. The van der Waals surface area contributed by atoms with E-state index < -0.39 is 0 Å². The Kier molecular flexibility index (Phi) is 0.992. The third-order valence-corrected chi connectivity index (χ3v) is 2.79. The predicted octanol–water partition coefficient (Wildman–Crippen LogP) is 2.75. The highest BCUT2D eigenvalue weighted by atomic mass is 14.5. The van der Waals surface area contributed by atoms with Crippen LogP contribution in [0.5, 0.6) is 0 Å². The van der Waals surface area contributed by atoms with Crippen LogP contribution in [-0.2, 0) is 0 Å². The maximum absolute atomic E-state index is 2.25. The fourth-order valence-corrected chi connectivity index (χ4v) is 1.93. The van der Waals surface area contributed by atoms with E-state index in [1.54, 1.807) is 11.1 Å². The summed E-state index contributed by atoms with van der Waals surface area (Å²) in [5.74, 6) is 2.24. The maximum Gasteiger partial charge on any atom is -0.0286 e. The number of rotatable bonds is 0. The molecule has 0 N–H and O–H groups in total. The topological polar surface area (TPSA) is 0 Å². The van der Waals surface area contributed by atoms with Crippen molar-refractivity contribution in [3.8, 4) is 0 Å². The fourth-order valence-electron chi connectivity index (χ4n) is 1.93. The van der Waals surface area contributed by atoms with Crippen LogP contribution in [0.1, 0.15) is 33.1 Å². The third kappa shape index (κ3) is 0.810. The van der Waals surface area contributed by atoms with Crippen LogP contribution in [0.25, 0.3) is 0 Å². The van der Waals surface area contributed by atoms with Crippen LogP contribution in [0.2, 0.25) is 0 Å². The lowest BCUT2D eigenvalue weighted by atomic mass is 10.1. The Labute approximate surface area is 57.0 Å². The average molecular weight is 122 g/mol. The monoisotopic (exact) mass is 122 g/mol. The van der Waals surface area contributed by atoms with Crippen molar-refractivity contribution in [2.45, 2.75) is 33.1 Å². The van der Waals surface area contributed by atoms with Gasteiger partial charge in [-0.2, -0.15) is 0 Å². The van der Waals surface area contributed by atoms with E-state index in [1.165, 1.54) is 19.3 Å². The van der Waals surface area contributed by atoms with Crippen LogP contribution in [0.4, 0.5) is 0 Å². The highest BCUT2D eigenvalue weighted by Crippen LogP contribution is 2.54. The molecular formula is C9H14. The lowest BCUT2D eigenvalue weighted by molar-refractivity contribution is 0.834. The highest BCUT2D eigenvalue weighted by molar-refractivity contribution is 5.21. The van der Waals surface area contributed by atoms with E-state index in [0.717, 1.165) is 11.8 Å². The Balaban J connectivity index is 2.12. The lowest BCUT2D eigenvalue weighted by Gasteiger charge is -2.00. The molecule has 9 heavy (non-hydrogen) atoms. The summed E-state index contributed by atoms with van der Waals surface area (Å²) < 4.78 is 0. The zero-order valence-corrected chi connectivity index (χ0v) is 6.28. The van der Waals surface area contributed by atoms with Crippen molar-refractivity contribution in [1.82, 2.24) is 0 Å². The fraction of sp³-hybridized carbons (Fsp3) is 0.778. The molecule has 0 aromatic heterocycles. The van der Waals surface area contributed by atoms with Crippen LogP contribution in [0, 0.1) is 11.8 Å². The van der Waals surface area contributed by atoms with Gasteiger partial charge >= 0.3 is 0 Å². The first-order chi connectivity index (χ1) is 4.27. The zero-order valence-electron chi connectivity index (χ0n) is 6.28. The Morgan fingerprint density at radius 3 is 2.11 bits per heavy atom. The minimum absolute atomic E-state index is 1.12. The molecule has 2 saturated carbocycles. The summed E-state index contributed by atoms with van der Waals surface area (Å²) in [6.07, 6.45) is 4.41. The summed E-state index contributed by atoms with van der Waals surface area (Å²) in [7, 11) is 0. The van der Waals surface area contributed by atoms with Gasteiger partial charge < -0.3 is 0 Å². The second-order valence-electron chi connectivity index (χ2n) is 3.77. The third-order valence-electron chi connectivity index (χ3n) is 2.79. The van der Waals surface area contributed by atoms with Crippen LogP contribution >= 0.6 is 0 Å². The number of hydrogen-bond acceptors (Lipinski definition) is 0. The highest BCUT2D eigenvalue weighted by Gasteiger charge is 2.43. The van der Waals surface area contributed by atoms with E-state index in [9.17, 15) is 0 Å². The summed E-state index contributed by atoms with van der Waals surface area (Å²) in [6, 6.07) is 0. The molecule has 0 spiro atoms. The van der Waals surface area contributed by atoms with Crippen molar-refractivity contribution in [2.24, 2.45) is 11.8 Å². The molecule has 2 aliphatic rings. The molecule has 0 bridgehead atoms. The molecule has 0 aromatic rings. The predicted molar refractivity (Wildman–Crippen MR) is 39.2 cm³/mol. The largest absolute Gasteiger partial charge is 0.0772 e. The molecule has 0 radical (unpaired) electrons. The summed E-state index contributed by atoms with van der Waals surface area (Å²) in [5, 5.41) is 0. The SMILES string of the molecule is CC(C)=C1CC2CC2C1. The molecular weight excluding hydrogens is 108 g/mol. The number of allylic oxidation sites excluding steroid dienone is 2. The van der Waals surface area contributed by atoms with Gasteiger partial charge in [0.1, 0.15) is 0 Å². The minimum Gasteiger partial charge on any atom is -0.0772 e.